The van der Waals surface area contributed by atoms with Gasteiger partial charge in [-0.25, -0.2) is 14.9 Å². The lowest BCUT2D eigenvalue weighted by Crippen LogP contribution is -2.48. The van der Waals surface area contributed by atoms with E-state index in [4.69, 9.17) is 21.1 Å². The molecule has 0 radical (unpaired) electrons. The first kappa shape index (κ1) is 25.0. The number of aromatic nitrogens is 3. The number of rotatable bonds is 7. The van der Waals surface area contributed by atoms with Crippen molar-refractivity contribution in [3.05, 3.63) is 70.9 Å². The van der Waals surface area contributed by atoms with Crippen LogP contribution in [-0.4, -0.2) is 76.3 Å². The van der Waals surface area contributed by atoms with Crippen LogP contribution in [0.2, 0.25) is 5.02 Å². The maximum atomic E-state index is 13.3. The first-order valence-corrected chi connectivity index (χ1v) is 12.3. The molecular formula is C25H28ClN7O4. The second kappa shape index (κ2) is 10.8. The van der Waals surface area contributed by atoms with Crippen molar-refractivity contribution in [2.24, 2.45) is 0 Å². The van der Waals surface area contributed by atoms with Crippen molar-refractivity contribution >= 4 is 29.1 Å². The number of ether oxygens (including phenoxy) is 2. The standard InChI is InChI=1S/C25H28ClN7O4/c1-36-17-5-3-9-31(13-17)22(34)15-32-14-20(23(30-32)18-11-16(26)6-7-21(18)37-2)29-25(35)19-12-28-33-10-4-8-27-24(19)33/h4,6-8,10-12,14,17,23,30H,3,5,9,13,15H2,1-2H3,(H,29,35). The van der Waals surface area contributed by atoms with Crippen molar-refractivity contribution in [1.82, 2.24) is 35.2 Å². The predicted octanol–water partition coefficient (Wildman–Crippen LogP) is 2.16. The molecule has 2 aromatic heterocycles. The van der Waals surface area contributed by atoms with Crippen LogP contribution in [0.5, 0.6) is 5.75 Å². The number of fused-ring (bicyclic) bond motifs is 1. The third kappa shape index (κ3) is 5.24. The molecule has 12 heteroatoms. The van der Waals surface area contributed by atoms with Gasteiger partial charge in [0.2, 0.25) is 5.91 Å². The number of hydrogen-bond acceptors (Lipinski definition) is 8. The normalized spacial score (nSPS) is 19.7. The Morgan fingerprint density at radius 2 is 2.16 bits per heavy atom. The highest BCUT2D eigenvalue weighted by Crippen LogP contribution is 2.34. The SMILES string of the molecule is COc1ccc(Cl)cc1C1NN(CC(=O)N2CCCC(OC)C2)C=C1NC(=O)c1cnn2cccnc12. The molecule has 1 aromatic carbocycles. The fourth-order valence-corrected chi connectivity index (χ4v) is 4.85. The van der Waals surface area contributed by atoms with Gasteiger partial charge < -0.3 is 24.7 Å². The summed E-state index contributed by atoms with van der Waals surface area (Å²) >= 11 is 6.31. The van der Waals surface area contributed by atoms with Gasteiger partial charge in [-0.15, -0.1) is 0 Å². The number of amides is 2. The quantitative estimate of drug-likeness (QED) is 0.482. The average molecular weight is 526 g/mol. The monoisotopic (exact) mass is 525 g/mol. The summed E-state index contributed by atoms with van der Waals surface area (Å²) in [5.41, 5.74) is 5.32. The zero-order valence-electron chi connectivity index (χ0n) is 20.6. The van der Waals surface area contributed by atoms with E-state index in [1.165, 1.54) is 10.7 Å². The number of carbonyl (C=O) groups excluding carboxylic acids is 2. The van der Waals surface area contributed by atoms with Crippen LogP contribution in [0.1, 0.15) is 34.8 Å². The number of hydrogen-bond donors (Lipinski definition) is 2. The molecule has 1 fully saturated rings. The first-order chi connectivity index (χ1) is 18.0. The molecule has 3 aromatic rings. The second-order valence-electron chi connectivity index (χ2n) is 8.90. The van der Waals surface area contributed by atoms with Gasteiger partial charge in [-0.2, -0.15) is 5.10 Å². The highest BCUT2D eigenvalue weighted by Gasteiger charge is 2.32. The number of carbonyl (C=O) groups is 2. The second-order valence-corrected chi connectivity index (χ2v) is 9.34. The third-order valence-electron chi connectivity index (χ3n) is 6.56. The summed E-state index contributed by atoms with van der Waals surface area (Å²) in [6, 6.07) is 6.48. The zero-order chi connectivity index (χ0) is 25.9. The summed E-state index contributed by atoms with van der Waals surface area (Å²) in [5, 5.41) is 9.36. The Labute approximate surface area is 219 Å². The molecule has 1 saturated heterocycles. The number of likely N-dealkylation sites (tertiary alicyclic amines) is 1. The van der Waals surface area contributed by atoms with Gasteiger partial charge in [-0.1, -0.05) is 11.6 Å². The molecule has 37 heavy (non-hydrogen) atoms. The van der Waals surface area contributed by atoms with Gasteiger partial charge in [-0.3, -0.25) is 9.59 Å². The molecule has 0 bridgehead atoms. The van der Waals surface area contributed by atoms with Gasteiger partial charge in [0.1, 0.15) is 17.9 Å². The van der Waals surface area contributed by atoms with Crippen molar-refractivity contribution in [1.29, 1.82) is 0 Å². The van der Waals surface area contributed by atoms with Gasteiger partial charge in [0.25, 0.3) is 5.91 Å². The fourth-order valence-electron chi connectivity index (χ4n) is 4.67. The van der Waals surface area contributed by atoms with Gasteiger partial charge in [0, 0.05) is 49.4 Å². The minimum Gasteiger partial charge on any atom is -0.496 e. The van der Waals surface area contributed by atoms with E-state index < -0.39 is 6.04 Å². The topological polar surface area (TPSA) is 113 Å². The Kier molecular flexibility index (Phi) is 7.26. The highest BCUT2D eigenvalue weighted by molar-refractivity contribution is 6.30. The van der Waals surface area contributed by atoms with Crippen LogP contribution >= 0.6 is 11.6 Å². The molecule has 2 aliphatic rings. The molecule has 0 spiro atoms. The molecule has 4 heterocycles. The van der Waals surface area contributed by atoms with E-state index in [9.17, 15) is 9.59 Å². The lowest BCUT2D eigenvalue weighted by Gasteiger charge is -2.33. The molecule has 0 aliphatic carbocycles. The molecule has 2 amide bonds. The van der Waals surface area contributed by atoms with E-state index in [0.29, 0.717) is 46.3 Å². The lowest BCUT2D eigenvalue weighted by molar-refractivity contribution is -0.135. The Balaban J connectivity index is 1.41. The van der Waals surface area contributed by atoms with Crippen LogP contribution in [0, 0.1) is 0 Å². The van der Waals surface area contributed by atoms with E-state index >= 15 is 0 Å². The van der Waals surface area contributed by atoms with E-state index in [0.717, 1.165) is 12.8 Å². The number of benzene rings is 1. The van der Waals surface area contributed by atoms with Crippen LogP contribution in [-0.2, 0) is 9.53 Å². The predicted molar refractivity (Wildman–Crippen MR) is 136 cm³/mol. The van der Waals surface area contributed by atoms with E-state index in [1.54, 1.807) is 62.1 Å². The summed E-state index contributed by atoms with van der Waals surface area (Å²) in [6.07, 6.45) is 8.39. The largest absolute Gasteiger partial charge is 0.496 e. The van der Waals surface area contributed by atoms with Crippen molar-refractivity contribution < 1.29 is 19.1 Å². The molecule has 2 aliphatic heterocycles. The highest BCUT2D eigenvalue weighted by atomic mass is 35.5. The van der Waals surface area contributed by atoms with E-state index in [-0.39, 0.29) is 24.5 Å². The van der Waals surface area contributed by atoms with Crippen LogP contribution in [0.15, 0.2) is 54.8 Å². The number of methoxy groups -OCH3 is 2. The van der Waals surface area contributed by atoms with Crippen LogP contribution in [0.3, 0.4) is 0 Å². The fraction of sp³-hybridized carbons (Fsp3) is 0.360. The van der Waals surface area contributed by atoms with Gasteiger partial charge >= 0.3 is 0 Å². The average Bonchev–Trinajstić information content (AvgIpc) is 3.52. The molecule has 194 valence electrons. The molecule has 0 saturated carbocycles. The maximum Gasteiger partial charge on any atom is 0.261 e. The van der Waals surface area contributed by atoms with Crippen molar-refractivity contribution in [3.8, 4) is 5.75 Å². The number of piperidine rings is 1. The summed E-state index contributed by atoms with van der Waals surface area (Å²) < 4.78 is 12.6. The zero-order valence-corrected chi connectivity index (χ0v) is 21.3. The summed E-state index contributed by atoms with van der Waals surface area (Å²) in [4.78, 5) is 32.5. The van der Waals surface area contributed by atoms with Crippen molar-refractivity contribution in [2.75, 3.05) is 33.9 Å². The summed E-state index contributed by atoms with van der Waals surface area (Å²) in [5.74, 6) is 0.174. The number of nitrogens with one attached hydrogen (secondary N) is 2. The molecule has 11 nitrogen and oxygen atoms in total. The Morgan fingerprint density at radius 1 is 1.30 bits per heavy atom. The van der Waals surface area contributed by atoms with Crippen molar-refractivity contribution in [2.45, 2.75) is 25.0 Å². The van der Waals surface area contributed by atoms with Crippen LogP contribution in [0.25, 0.3) is 5.65 Å². The van der Waals surface area contributed by atoms with Gasteiger partial charge in [0.05, 0.1) is 31.1 Å². The van der Waals surface area contributed by atoms with Crippen LogP contribution in [0.4, 0.5) is 0 Å². The van der Waals surface area contributed by atoms with E-state index in [1.807, 2.05) is 4.90 Å². The Hall–Kier alpha value is -3.67. The number of nitrogens with zero attached hydrogens (tertiary/aromatic N) is 5. The molecule has 2 atom stereocenters. The molecule has 2 N–H and O–H groups in total. The van der Waals surface area contributed by atoms with Crippen molar-refractivity contribution in [3.63, 3.8) is 0 Å². The molecule has 2 unspecified atom stereocenters. The van der Waals surface area contributed by atoms with Gasteiger partial charge in [0.15, 0.2) is 5.65 Å². The van der Waals surface area contributed by atoms with Gasteiger partial charge in [-0.05, 0) is 37.1 Å². The maximum absolute atomic E-state index is 13.3. The molecule has 5 rings (SSSR count). The number of halogens is 1. The Morgan fingerprint density at radius 3 is 2.97 bits per heavy atom. The van der Waals surface area contributed by atoms with Crippen LogP contribution < -0.4 is 15.5 Å². The minimum atomic E-state index is -0.520. The first-order valence-electron chi connectivity index (χ1n) is 11.9. The summed E-state index contributed by atoms with van der Waals surface area (Å²) in [6.45, 7) is 1.32. The Bertz CT molecular complexity index is 1340. The number of hydrazine groups is 1. The smallest absolute Gasteiger partial charge is 0.261 e. The third-order valence-corrected chi connectivity index (χ3v) is 6.79. The summed E-state index contributed by atoms with van der Waals surface area (Å²) in [7, 11) is 3.24. The van der Waals surface area contributed by atoms with E-state index in [2.05, 4.69) is 20.8 Å². The lowest BCUT2D eigenvalue weighted by atomic mass is 10.0. The molecular weight excluding hydrogens is 498 g/mol. The minimum absolute atomic E-state index is 0.0394.